The molecule has 0 aliphatic carbocycles. The zero-order valence-electron chi connectivity index (χ0n) is 42.4. The van der Waals surface area contributed by atoms with E-state index in [9.17, 15) is 14.4 Å². The van der Waals surface area contributed by atoms with E-state index >= 15 is 0 Å². The van der Waals surface area contributed by atoms with Crippen LogP contribution in [0.25, 0.3) is 0 Å². The van der Waals surface area contributed by atoms with Crippen LogP contribution in [-0.4, -0.2) is 37.2 Å². The summed E-state index contributed by atoms with van der Waals surface area (Å²) in [6.07, 6.45) is 60.2. The van der Waals surface area contributed by atoms with Gasteiger partial charge in [0.05, 0.1) is 0 Å². The van der Waals surface area contributed by atoms with Crippen molar-refractivity contribution in [2.45, 2.75) is 309 Å². The third-order valence-electron chi connectivity index (χ3n) is 12.4. The van der Waals surface area contributed by atoms with Crippen molar-refractivity contribution in [1.82, 2.24) is 0 Å². The van der Waals surface area contributed by atoms with Crippen LogP contribution in [-0.2, 0) is 28.6 Å². The van der Waals surface area contributed by atoms with E-state index in [0.29, 0.717) is 19.3 Å². The van der Waals surface area contributed by atoms with Gasteiger partial charge in [-0.25, -0.2) is 0 Å². The van der Waals surface area contributed by atoms with Crippen molar-refractivity contribution in [3.63, 3.8) is 0 Å². The Labute approximate surface area is 392 Å². The first-order valence-electron chi connectivity index (χ1n) is 27.8. The summed E-state index contributed by atoms with van der Waals surface area (Å²) in [7, 11) is 0. The van der Waals surface area contributed by atoms with Crippen LogP contribution < -0.4 is 0 Å². The smallest absolute Gasteiger partial charge is 0.306 e. The largest absolute Gasteiger partial charge is 0.462 e. The SMILES string of the molecule is CCCCCCCC/C=C\CCCCCCCC(=O)OC(COC(=O)CCCCCCCCC/C=C\CCCCCCCCC)COC(=O)CCCCCCCCCCCCCC. The summed E-state index contributed by atoms with van der Waals surface area (Å²) < 4.78 is 16.8. The monoisotopic (exact) mass is 887 g/mol. The van der Waals surface area contributed by atoms with Gasteiger partial charge in [0.15, 0.2) is 6.10 Å². The second kappa shape index (κ2) is 52.5. The molecule has 6 nitrogen and oxygen atoms in total. The first-order valence-corrected chi connectivity index (χ1v) is 27.8. The van der Waals surface area contributed by atoms with Gasteiger partial charge in [0.1, 0.15) is 13.2 Å². The predicted octanol–water partition coefficient (Wildman–Crippen LogP) is 18.3. The van der Waals surface area contributed by atoms with Crippen molar-refractivity contribution >= 4 is 17.9 Å². The molecule has 0 aliphatic heterocycles. The molecule has 63 heavy (non-hydrogen) atoms. The summed E-state index contributed by atoms with van der Waals surface area (Å²) in [5.74, 6) is -0.869. The van der Waals surface area contributed by atoms with Crippen molar-refractivity contribution in [3.05, 3.63) is 24.3 Å². The zero-order valence-corrected chi connectivity index (χ0v) is 42.4. The molecule has 0 aromatic rings. The summed E-state index contributed by atoms with van der Waals surface area (Å²) in [6, 6.07) is 0. The highest BCUT2D eigenvalue weighted by Crippen LogP contribution is 2.16. The Balaban J connectivity index is 4.33. The Morgan fingerprint density at radius 1 is 0.302 bits per heavy atom. The van der Waals surface area contributed by atoms with E-state index in [2.05, 4.69) is 45.1 Å². The average molecular weight is 887 g/mol. The standard InChI is InChI=1S/C57H106O6/c1-4-7-10-13-16-19-22-25-27-28-29-31-32-35-38-41-44-47-50-56(59)62-53-54(52-61-55(58)49-46-43-40-37-34-24-21-18-15-12-9-6-3)63-57(60)51-48-45-42-39-36-33-30-26-23-20-17-14-11-8-5-2/h26-28,30,54H,4-25,29,31-53H2,1-3H3/b28-27-,30-26-. The normalized spacial score (nSPS) is 12.1. The second-order valence-corrected chi connectivity index (χ2v) is 18.8. The maximum absolute atomic E-state index is 12.8. The molecule has 0 rings (SSSR count). The number of ether oxygens (including phenoxy) is 3. The summed E-state index contributed by atoms with van der Waals surface area (Å²) in [5.41, 5.74) is 0. The summed E-state index contributed by atoms with van der Waals surface area (Å²) in [4.78, 5) is 38.0. The van der Waals surface area contributed by atoms with Gasteiger partial charge in [-0.2, -0.15) is 0 Å². The highest BCUT2D eigenvalue weighted by atomic mass is 16.6. The number of esters is 3. The Bertz CT molecular complexity index is 1020. The summed E-state index contributed by atoms with van der Waals surface area (Å²) in [5, 5.41) is 0. The fourth-order valence-electron chi connectivity index (χ4n) is 8.20. The highest BCUT2D eigenvalue weighted by molar-refractivity contribution is 5.71. The van der Waals surface area contributed by atoms with Crippen LogP contribution in [0.1, 0.15) is 303 Å². The van der Waals surface area contributed by atoms with E-state index in [0.717, 1.165) is 64.2 Å². The molecule has 0 aromatic carbocycles. The molecule has 0 heterocycles. The lowest BCUT2D eigenvalue weighted by atomic mass is 10.0. The van der Waals surface area contributed by atoms with Gasteiger partial charge in [-0.15, -0.1) is 0 Å². The fourth-order valence-corrected chi connectivity index (χ4v) is 8.20. The number of rotatable bonds is 51. The van der Waals surface area contributed by atoms with Gasteiger partial charge in [0.2, 0.25) is 0 Å². The minimum absolute atomic E-state index is 0.0720. The number of allylic oxidation sites excluding steroid dienone is 4. The van der Waals surface area contributed by atoms with Gasteiger partial charge in [-0.05, 0) is 70.6 Å². The van der Waals surface area contributed by atoms with E-state index in [4.69, 9.17) is 14.2 Å². The van der Waals surface area contributed by atoms with Crippen molar-refractivity contribution in [2.24, 2.45) is 0 Å². The Hall–Kier alpha value is -2.11. The molecule has 1 atom stereocenters. The van der Waals surface area contributed by atoms with Crippen LogP contribution in [0.3, 0.4) is 0 Å². The van der Waals surface area contributed by atoms with Crippen LogP contribution in [0.4, 0.5) is 0 Å². The van der Waals surface area contributed by atoms with E-state index in [1.807, 2.05) is 0 Å². The number of carbonyl (C=O) groups excluding carboxylic acids is 3. The van der Waals surface area contributed by atoms with Crippen LogP contribution in [0, 0.1) is 0 Å². The van der Waals surface area contributed by atoms with E-state index in [1.165, 1.54) is 199 Å². The molecule has 0 saturated heterocycles. The van der Waals surface area contributed by atoms with Gasteiger partial charge < -0.3 is 14.2 Å². The molecule has 0 radical (unpaired) electrons. The van der Waals surface area contributed by atoms with Crippen LogP contribution in [0.5, 0.6) is 0 Å². The van der Waals surface area contributed by atoms with E-state index < -0.39 is 6.10 Å². The van der Waals surface area contributed by atoms with Gasteiger partial charge in [-0.3, -0.25) is 14.4 Å². The molecule has 0 spiro atoms. The lowest BCUT2D eigenvalue weighted by Crippen LogP contribution is -2.30. The topological polar surface area (TPSA) is 78.9 Å². The Kier molecular flexibility index (Phi) is 50.8. The number of hydrogen-bond acceptors (Lipinski definition) is 6. The van der Waals surface area contributed by atoms with Crippen molar-refractivity contribution in [2.75, 3.05) is 13.2 Å². The maximum atomic E-state index is 12.8. The molecule has 1 unspecified atom stereocenters. The molecule has 0 bridgehead atoms. The zero-order chi connectivity index (χ0) is 45.8. The highest BCUT2D eigenvalue weighted by Gasteiger charge is 2.19. The third-order valence-corrected chi connectivity index (χ3v) is 12.4. The molecule has 0 saturated carbocycles. The molecule has 6 heteroatoms. The Morgan fingerprint density at radius 3 is 0.794 bits per heavy atom. The van der Waals surface area contributed by atoms with Gasteiger partial charge in [0.25, 0.3) is 0 Å². The quantitative estimate of drug-likeness (QED) is 0.0262. The van der Waals surface area contributed by atoms with Crippen LogP contribution in [0.2, 0.25) is 0 Å². The predicted molar refractivity (Wildman–Crippen MR) is 270 cm³/mol. The van der Waals surface area contributed by atoms with Crippen molar-refractivity contribution < 1.29 is 28.6 Å². The van der Waals surface area contributed by atoms with Crippen LogP contribution in [0.15, 0.2) is 24.3 Å². The number of carbonyl (C=O) groups is 3. The molecule has 0 aromatic heterocycles. The molecule has 0 N–H and O–H groups in total. The molecule has 0 amide bonds. The fraction of sp³-hybridized carbons (Fsp3) is 0.877. The van der Waals surface area contributed by atoms with E-state index in [-0.39, 0.29) is 31.1 Å². The molecule has 370 valence electrons. The molecule has 0 fully saturated rings. The van der Waals surface area contributed by atoms with Gasteiger partial charge in [0, 0.05) is 19.3 Å². The van der Waals surface area contributed by atoms with Gasteiger partial charge in [-0.1, -0.05) is 238 Å². The van der Waals surface area contributed by atoms with Gasteiger partial charge >= 0.3 is 17.9 Å². The minimum Gasteiger partial charge on any atom is -0.462 e. The van der Waals surface area contributed by atoms with Crippen molar-refractivity contribution in [3.8, 4) is 0 Å². The molecule has 0 aliphatic rings. The molecular weight excluding hydrogens is 781 g/mol. The first kappa shape index (κ1) is 60.9. The lowest BCUT2D eigenvalue weighted by Gasteiger charge is -2.18. The lowest BCUT2D eigenvalue weighted by molar-refractivity contribution is -0.167. The van der Waals surface area contributed by atoms with E-state index in [1.54, 1.807) is 0 Å². The second-order valence-electron chi connectivity index (χ2n) is 18.8. The minimum atomic E-state index is -0.773. The summed E-state index contributed by atoms with van der Waals surface area (Å²) in [6.45, 7) is 6.65. The first-order chi connectivity index (χ1) is 31.0. The average Bonchev–Trinajstić information content (AvgIpc) is 3.28. The number of unbranched alkanes of at least 4 members (excludes halogenated alkanes) is 36. The Morgan fingerprint density at radius 2 is 0.524 bits per heavy atom. The van der Waals surface area contributed by atoms with Crippen LogP contribution >= 0.6 is 0 Å². The van der Waals surface area contributed by atoms with Crippen molar-refractivity contribution in [1.29, 1.82) is 0 Å². The summed E-state index contributed by atoms with van der Waals surface area (Å²) >= 11 is 0. The maximum Gasteiger partial charge on any atom is 0.306 e. The number of hydrogen-bond donors (Lipinski definition) is 0. The third kappa shape index (κ3) is 50.7. The molecular formula is C57H106O6.